The van der Waals surface area contributed by atoms with Crippen molar-refractivity contribution in [3.8, 4) is 0 Å². The van der Waals surface area contributed by atoms with Crippen molar-refractivity contribution in [1.82, 2.24) is 9.88 Å². The molecule has 4 rings (SSSR count). The van der Waals surface area contributed by atoms with Crippen LogP contribution in [0.2, 0.25) is 0 Å². The molecule has 6 heteroatoms. The van der Waals surface area contributed by atoms with Crippen molar-refractivity contribution in [2.24, 2.45) is 0 Å². The third-order valence-electron chi connectivity index (χ3n) is 4.56. The lowest BCUT2D eigenvalue weighted by Gasteiger charge is -2.18. The second-order valence-electron chi connectivity index (χ2n) is 6.31. The Morgan fingerprint density at radius 1 is 1.21 bits per heavy atom. The Hall–Kier alpha value is -1.79. The van der Waals surface area contributed by atoms with E-state index >= 15 is 0 Å². The maximum absolute atomic E-state index is 13.5. The van der Waals surface area contributed by atoms with Crippen molar-refractivity contribution in [3.05, 3.63) is 56.9 Å². The van der Waals surface area contributed by atoms with E-state index in [2.05, 4.69) is 20.9 Å². The van der Waals surface area contributed by atoms with E-state index in [1.165, 1.54) is 0 Å². The number of aromatic amines is 1. The summed E-state index contributed by atoms with van der Waals surface area (Å²) in [6.07, 6.45) is 1.52. The van der Waals surface area contributed by atoms with Gasteiger partial charge in [0.2, 0.25) is 0 Å². The van der Waals surface area contributed by atoms with Crippen LogP contribution in [0.3, 0.4) is 0 Å². The van der Waals surface area contributed by atoms with Crippen LogP contribution in [0, 0.1) is 0 Å². The SMILES string of the molecule is O=c1[nH]ccc2cc(CN3CCC(F)(F)C3)c3ccc(Br)cc3c12. The van der Waals surface area contributed by atoms with E-state index in [1.807, 2.05) is 30.3 Å². The van der Waals surface area contributed by atoms with Crippen molar-refractivity contribution in [2.45, 2.75) is 18.9 Å². The van der Waals surface area contributed by atoms with Crippen LogP contribution in [0.4, 0.5) is 8.78 Å². The van der Waals surface area contributed by atoms with E-state index in [-0.39, 0.29) is 18.5 Å². The summed E-state index contributed by atoms with van der Waals surface area (Å²) in [7, 11) is 0. The van der Waals surface area contributed by atoms with Crippen molar-refractivity contribution >= 4 is 37.5 Å². The van der Waals surface area contributed by atoms with Crippen molar-refractivity contribution in [3.63, 3.8) is 0 Å². The molecule has 1 N–H and O–H groups in total. The summed E-state index contributed by atoms with van der Waals surface area (Å²) < 4.78 is 27.8. The molecule has 0 spiro atoms. The number of halogens is 3. The van der Waals surface area contributed by atoms with Gasteiger partial charge in [-0.3, -0.25) is 9.69 Å². The van der Waals surface area contributed by atoms with Crippen LogP contribution < -0.4 is 5.56 Å². The summed E-state index contributed by atoms with van der Waals surface area (Å²) in [5.74, 6) is -2.60. The highest BCUT2D eigenvalue weighted by atomic mass is 79.9. The van der Waals surface area contributed by atoms with Gasteiger partial charge in [-0.2, -0.15) is 0 Å². The van der Waals surface area contributed by atoms with E-state index in [4.69, 9.17) is 0 Å². The van der Waals surface area contributed by atoms with E-state index in [0.717, 1.165) is 26.2 Å². The fourth-order valence-electron chi connectivity index (χ4n) is 3.47. The fourth-order valence-corrected chi connectivity index (χ4v) is 3.84. The highest BCUT2D eigenvalue weighted by Crippen LogP contribution is 2.32. The molecule has 1 fully saturated rings. The zero-order valence-electron chi connectivity index (χ0n) is 12.8. The summed E-state index contributed by atoms with van der Waals surface area (Å²) in [4.78, 5) is 16.7. The Morgan fingerprint density at radius 2 is 2.04 bits per heavy atom. The fraction of sp³-hybridized carbons (Fsp3) is 0.278. The van der Waals surface area contributed by atoms with E-state index < -0.39 is 5.92 Å². The number of hydrogen-bond donors (Lipinski definition) is 1. The van der Waals surface area contributed by atoms with E-state index in [1.54, 1.807) is 11.1 Å². The Morgan fingerprint density at radius 3 is 2.79 bits per heavy atom. The second-order valence-corrected chi connectivity index (χ2v) is 7.23. The first-order valence-electron chi connectivity index (χ1n) is 7.76. The Bertz CT molecular complexity index is 999. The highest BCUT2D eigenvalue weighted by Gasteiger charge is 2.38. The van der Waals surface area contributed by atoms with Crippen LogP contribution in [0.25, 0.3) is 21.5 Å². The van der Waals surface area contributed by atoms with Crippen LogP contribution in [0.15, 0.2) is 45.8 Å². The molecular formula is C18H15BrF2N2O. The predicted molar refractivity (Wildman–Crippen MR) is 94.6 cm³/mol. The van der Waals surface area contributed by atoms with Gasteiger partial charge >= 0.3 is 0 Å². The Balaban J connectivity index is 1.90. The second kappa shape index (κ2) is 5.63. The van der Waals surface area contributed by atoms with Crippen molar-refractivity contribution in [1.29, 1.82) is 0 Å². The lowest BCUT2D eigenvalue weighted by Crippen LogP contribution is -2.25. The minimum absolute atomic E-state index is 0.0935. The molecule has 1 aliphatic rings. The Labute approximate surface area is 145 Å². The smallest absolute Gasteiger partial charge is 0.261 e. The molecule has 1 aliphatic heterocycles. The molecular weight excluding hydrogens is 378 g/mol. The lowest BCUT2D eigenvalue weighted by molar-refractivity contribution is 0.0115. The minimum Gasteiger partial charge on any atom is -0.329 e. The molecule has 2 aromatic carbocycles. The molecule has 0 radical (unpaired) electrons. The number of hydrogen-bond acceptors (Lipinski definition) is 2. The van der Waals surface area contributed by atoms with Crippen LogP contribution in [-0.2, 0) is 6.54 Å². The van der Waals surface area contributed by atoms with Crippen LogP contribution in [-0.4, -0.2) is 28.9 Å². The molecule has 1 saturated heterocycles. The normalized spacial score (nSPS) is 17.8. The van der Waals surface area contributed by atoms with Gasteiger partial charge in [0.15, 0.2) is 0 Å². The van der Waals surface area contributed by atoms with Crippen LogP contribution in [0.5, 0.6) is 0 Å². The molecule has 0 bridgehead atoms. The molecule has 0 atom stereocenters. The first kappa shape index (κ1) is 15.7. The molecule has 3 nitrogen and oxygen atoms in total. The molecule has 24 heavy (non-hydrogen) atoms. The maximum atomic E-state index is 13.5. The quantitative estimate of drug-likeness (QED) is 0.660. The number of nitrogens with one attached hydrogen (secondary N) is 1. The number of aromatic nitrogens is 1. The number of likely N-dealkylation sites (tertiary alicyclic amines) is 1. The number of rotatable bonds is 2. The lowest BCUT2D eigenvalue weighted by atomic mass is 9.98. The number of H-pyrrole nitrogens is 1. The first-order chi connectivity index (χ1) is 11.4. The van der Waals surface area contributed by atoms with Crippen LogP contribution >= 0.6 is 15.9 Å². The number of benzene rings is 2. The van der Waals surface area contributed by atoms with Gasteiger partial charge in [-0.25, -0.2) is 8.78 Å². The molecule has 124 valence electrons. The van der Waals surface area contributed by atoms with Crippen molar-refractivity contribution < 1.29 is 8.78 Å². The van der Waals surface area contributed by atoms with Crippen LogP contribution in [0.1, 0.15) is 12.0 Å². The summed E-state index contributed by atoms with van der Waals surface area (Å²) >= 11 is 3.45. The zero-order chi connectivity index (χ0) is 16.9. The summed E-state index contributed by atoms with van der Waals surface area (Å²) in [6.45, 7) is 0.632. The predicted octanol–water partition coefficient (Wildman–Crippen LogP) is 4.28. The third-order valence-corrected chi connectivity index (χ3v) is 5.06. The topological polar surface area (TPSA) is 36.1 Å². The number of fused-ring (bicyclic) bond motifs is 3. The molecule has 3 aromatic rings. The van der Waals surface area contributed by atoms with Gasteiger partial charge in [-0.05, 0) is 46.0 Å². The number of nitrogens with zero attached hydrogens (tertiary/aromatic N) is 1. The number of pyridine rings is 1. The van der Waals surface area contributed by atoms with E-state index in [9.17, 15) is 13.6 Å². The van der Waals surface area contributed by atoms with Crippen molar-refractivity contribution in [2.75, 3.05) is 13.1 Å². The molecule has 0 aliphatic carbocycles. The van der Waals surface area contributed by atoms with Gasteiger partial charge in [0.1, 0.15) is 0 Å². The van der Waals surface area contributed by atoms with E-state index in [0.29, 0.717) is 18.5 Å². The standard InChI is InChI=1S/C18H15BrF2N2O/c19-13-1-2-14-12(9-23-6-4-18(20,21)10-23)7-11-3-5-22-17(24)16(11)15(14)8-13/h1-3,5,7-8H,4,6,9-10H2,(H,22,24). The van der Waals surface area contributed by atoms with Gasteiger partial charge in [-0.1, -0.05) is 22.0 Å². The third kappa shape index (κ3) is 2.74. The maximum Gasteiger partial charge on any atom is 0.261 e. The Kier molecular flexibility index (Phi) is 3.69. The molecule has 2 heterocycles. The summed E-state index contributed by atoms with van der Waals surface area (Å²) in [6, 6.07) is 9.55. The zero-order valence-corrected chi connectivity index (χ0v) is 14.4. The summed E-state index contributed by atoms with van der Waals surface area (Å²) in [5, 5.41) is 3.22. The molecule has 0 amide bonds. The number of alkyl halides is 2. The molecule has 0 saturated carbocycles. The van der Waals surface area contributed by atoms with Gasteiger partial charge in [-0.15, -0.1) is 0 Å². The van der Waals surface area contributed by atoms with Gasteiger partial charge in [0, 0.05) is 30.2 Å². The summed E-state index contributed by atoms with van der Waals surface area (Å²) in [5.41, 5.74) is 0.822. The van der Waals surface area contributed by atoms with Gasteiger partial charge in [0.25, 0.3) is 11.5 Å². The van der Waals surface area contributed by atoms with Gasteiger partial charge in [0.05, 0.1) is 11.9 Å². The molecule has 0 unspecified atom stereocenters. The highest BCUT2D eigenvalue weighted by molar-refractivity contribution is 9.10. The first-order valence-corrected chi connectivity index (χ1v) is 8.55. The average molecular weight is 393 g/mol. The largest absolute Gasteiger partial charge is 0.329 e. The minimum atomic E-state index is -2.60. The molecule has 1 aromatic heterocycles. The van der Waals surface area contributed by atoms with Gasteiger partial charge < -0.3 is 4.98 Å². The average Bonchev–Trinajstić information content (AvgIpc) is 2.86. The monoisotopic (exact) mass is 392 g/mol.